The molecule has 7 rings (SSSR count). The van der Waals surface area contributed by atoms with Crippen molar-refractivity contribution in [2.24, 2.45) is 5.41 Å². The molecule has 4 saturated carbocycles. The first-order chi connectivity index (χ1) is 17.4. The van der Waals surface area contributed by atoms with E-state index in [9.17, 15) is 5.11 Å². The van der Waals surface area contributed by atoms with Crippen LogP contribution >= 0.6 is 39.1 Å². The second-order valence-corrected chi connectivity index (χ2v) is 12.7. The molecule has 2 aromatic carbocycles. The molecule has 2 bridgehead atoms. The van der Waals surface area contributed by atoms with Gasteiger partial charge < -0.3 is 14.4 Å². The van der Waals surface area contributed by atoms with Crippen molar-refractivity contribution in [3.05, 3.63) is 73.9 Å². The predicted molar refractivity (Wildman–Crippen MR) is 145 cm³/mol. The second-order valence-electron chi connectivity index (χ2n) is 10.9. The lowest BCUT2D eigenvalue weighted by Crippen LogP contribution is -2.52. The largest absolute Gasteiger partial charge is 0.392 e. The molecule has 1 heterocycles. The summed E-state index contributed by atoms with van der Waals surface area (Å²) in [6.07, 6.45) is 8.46. The van der Waals surface area contributed by atoms with Crippen molar-refractivity contribution in [1.29, 1.82) is 0 Å². The summed E-state index contributed by atoms with van der Waals surface area (Å²) in [5, 5.41) is 16.8. The molecule has 1 unspecified atom stereocenters. The zero-order valence-electron chi connectivity index (χ0n) is 20.1. The minimum absolute atomic E-state index is 0.0138. The molecule has 3 aromatic rings. The van der Waals surface area contributed by atoms with Crippen molar-refractivity contribution in [2.45, 2.75) is 82.0 Å². The van der Waals surface area contributed by atoms with Crippen molar-refractivity contribution in [3.8, 4) is 11.3 Å². The Labute approximate surface area is 230 Å². The van der Waals surface area contributed by atoms with Gasteiger partial charge in [-0.05, 0) is 93.0 Å². The lowest BCUT2D eigenvalue weighted by Gasteiger charge is -2.55. The van der Waals surface area contributed by atoms with Gasteiger partial charge in [-0.25, -0.2) is 0 Å². The minimum atomic E-state index is -0.335. The van der Waals surface area contributed by atoms with E-state index in [1.807, 2.05) is 30.3 Å². The van der Waals surface area contributed by atoms with Gasteiger partial charge >= 0.3 is 0 Å². The molecule has 4 nitrogen and oxygen atoms in total. The Bertz CT molecular complexity index is 1230. The van der Waals surface area contributed by atoms with Crippen molar-refractivity contribution in [3.63, 3.8) is 0 Å². The average Bonchev–Trinajstić information content (AvgIpc) is 3.64. The van der Waals surface area contributed by atoms with Gasteiger partial charge in [0.05, 0.1) is 28.4 Å². The van der Waals surface area contributed by atoms with E-state index in [0.717, 1.165) is 72.7 Å². The number of hydrogen-bond acceptors (Lipinski definition) is 4. The van der Waals surface area contributed by atoms with E-state index >= 15 is 0 Å². The van der Waals surface area contributed by atoms with Crippen LogP contribution in [-0.2, 0) is 17.8 Å². The van der Waals surface area contributed by atoms with Gasteiger partial charge in [-0.2, -0.15) is 0 Å². The second kappa shape index (κ2) is 9.74. The average molecular weight is 591 g/mol. The van der Waals surface area contributed by atoms with E-state index in [-0.39, 0.29) is 17.1 Å². The molecule has 0 amide bonds. The van der Waals surface area contributed by atoms with Gasteiger partial charge in [-0.15, -0.1) is 0 Å². The molecule has 4 aliphatic rings. The maximum Gasteiger partial charge on any atom is 0.145 e. The molecular weight excluding hydrogens is 561 g/mol. The molecule has 0 spiro atoms. The van der Waals surface area contributed by atoms with Crippen molar-refractivity contribution in [1.82, 2.24) is 5.16 Å². The number of halogens is 3. The van der Waals surface area contributed by atoms with Crippen LogP contribution in [0.1, 0.15) is 74.2 Å². The molecule has 190 valence electrons. The van der Waals surface area contributed by atoms with Gasteiger partial charge in [0.25, 0.3) is 0 Å². The lowest BCUT2D eigenvalue weighted by molar-refractivity contribution is -0.168. The number of rotatable bonds is 8. The summed E-state index contributed by atoms with van der Waals surface area (Å²) in [5.74, 6) is 1.32. The number of ether oxygens (including phenoxy) is 1. The van der Waals surface area contributed by atoms with E-state index in [4.69, 9.17) is 32.5 Å². The molecule has 1 N–H and O–H groups in total. The first-order valence-electron chi connectivity index (χ1n) is 12.9. The van der Waals surface area contributed by atoms with Crippen molar-refractivity contribution < 1.29 is 14.4 Å². The van der Waals surface area contributed by atoms with Gasteiger partial charge in [-0.1, -0.05) is 62.5 Å². The van der Waals surface area contributed by atoms with Crippen LogP contribution in [0.15, 0.2) is 51.5 Å². The first kappa shape index (κ1) is 24.9. The maximum atomic E-state index is 11.3. The minimum Gasteiger partial charge on any atom is -0.392 e. The highest BCUT2D eigenvalue weighted by molar-refractivity contribution is 9.10. The Morgan fingerprint density at radius 3 is 2.33 bits per heavy atom. The number of benzene rings is 2. The normalized spacial score (nSPS) is 26.3. The van der Waals surface area contributed by atoms with Crippen LogP contribution < -0.4 is 0 Å². The number of aliphatic hydroxyl groups excluding tert-OH is 1. The van der Waals surface area contributed by atoms with Crippen LogP contribution in [0, 0.1) is 5.41 Å². The Kier molecular flexibility index (Phi) is 6.75. The molecule has 1 aromatic heterocycles. The molecule has 4 fully saturated rings. The summed E-state index contributed by atoms with van der Waals surface area (Å²) < 4.78 is 13.6. The van der Waals surface area contributed by atoms with E-state index in [0.29, 0.717) is 34.7 Å². The fourth-order valence-electron chi connectivity index (χ4n) is 6.27. The highest BCUT2D eigenvalue weighted by Gasteiger charge is 2.52. The Morgan fingerprint density at radius 1 is 1.03 bits per heavy atom. The van der Waals surface area contributed by atoms with Crippen LogP contribution in [0.2, 0.25) is 10.0 Å². The zero-order valence-corrected chi connectivity index (χ0v) is 23.2. The Hall–Kier alpha value is -1.37. The summed E-state index contributed by atoms with van der Waals surface area (Å²) in [6.45, 7) is 0.444. The monoisotopic (exact) mass is 589 g/mol. The quantitative estimate of drug-likeness (QED) is 0.286. The van der Waals surface area contributed by atoms with Crippen LogP contribution in [-0.4, -0.2) is 22.0 Å². The number of nitrogens with zero attached hydrogens (tertiary/aromatic N) is 1. The highest BCUT2D eigenvalue weighted by Crippen LogP contribution is 2.56. The standard InChI is InChI=1S/C29H30BrCl2NO3/c30-20-4-1-3-18(15-20)16-24(34)28-9-12-29(13-10-28,14-11-28)35-17-21-26(33-36-27(21)19-7-8-19)25-22(31)5-2-6-23(25)32/h1-6,15,19,24,34H,7-14,16-17H2. The van der Waals surface area contributed by atoms with Gasteiger partial charge in [0.1, 0.15) is 11.5 Å². The SMILES string of the molecule is OC(Cc1cccc(Br)c1)C12CCC(OCc3c(-c4c(Cl)cccc4Cl)noc3C3CC3)(CC1)CC2. The van der Waals surface area contributed by atoms with Crippen LogP contribution in [0.4, 0.5) is 0 Å². The smallest absolute Gasteiger partial charge is 0.145 e. The molecule has 0 aliphatic heterocycles. The summed E-state index contributed by atoms with van der Waals surface area (Å²) in [7, 11) is 0. The van der Waals surface area contributed by atoms with E-state index in [1.54, 1.807) is 0 Å². The third-order valence-electron chi connectivity index (χ3n) is 8.75. The Balaban J connectivity index is 1.17. The fraction of sp³-hybridized carbons (Fsp3) is 0.483. The van der Waals surface area contributed by atoms with Crippen LogP contribution in [0.3, 0.4) is 0 Å². The third-order valence-corrected chi connectivity index (χ3v) is 9.87. The molecule has 36 heavy (non-hydrogen) atoms. The van der Waals surface area contributed by atoms with Gasteiger partial charge in [0, 0.05) is 21.5 Å². The highest BCUT2D eigenvalue weighted by atomic mass is 79.9. The molecule has 0 saturated heterocycles. The molecule has 4 aliphatic carbocycles. The van der Waals surface area contributed by atoms with Gasteiger partial charge in [0.15, 0.2) is 0 Å². The zero-order chi connectivity index (χ0) is 24.9. The van der Waals surface area contributed by atoms with Crippen LogP contribution in [0.25, 0.3) is 11.3 Å². The van der Waals surface area contributed by atoms with Crippen molar-refractivity contribution in [2.75, 3.05) is 0 Å². The maximum absolute atomic E-state index is 11.3. The van der Waals surface area contributed by atoms with Gasteiger partial charge in [-0.3, -0.25) is 0 Å². The van der Waals surface area contributed by atoms with Crippen LogP contribution in [0.5, 0.6) is 0 Å². The molecular formula is C29H30BrCl2NO3. The van der Waals surface area contributed by atoms with E-state index in [2.05, 4.69) is 33.2 Å². The van der Waals surface area contributed by atoms with Crippen molar-refractivity contribution >= 4 is 39.1 Å². The lowest BCUT2D eigenvalue weighted by atomic mass is 9.56. The third kappa shape index (κ3) is 4.67. The predicted octanol–water partition coefficient (Wildman–Crippen LogP) is 8.50. The molecule has 7 heteroatoms. The molecule has 0 radical (unpaired) electrons. The summed E-state index contributed by atoms with van der Waals surface area (Å²) in [5.41, 5.74) is 3.41. The van der Waals surface area contributed by atoms with Gasteiger partial charge in [0.2, 0.25) is 0 Å². The Morgan fingerprint density at radius 2 is 1.69 bits per heavy atom. The van der Waals surface area contributed by atoms with E-state index in [1.165, 1.54) is 5.56 Å². The number of aromatic nitrogens is 1. The number of fused-ring (bicyclic) bond motifs is 3. The fourth-order valence-corrected chi connectivity index (χ4v) is 7.30. The van der Waals surface area contributed by atoms with E-state index < -0.39 is 0 Å². The summed E-state index contributed by atoms with van der Waals surface area (Å²) in [4.78, 5) is 0. The topological polar surface area (TPSA) is 55.5 Å². The number of hydrogen-bond donors (Lipinski definition) is 1. The number of aliphatic hydroxyl groups is 1. The summed E-state index contributed by atoms with van der Waals surface area (Å²) in [6, 6.07) is 13.8. The first-order valence-corrected chi connectivity index (χ1v) is 14.4. The molecule has 1 atom stereocenters. The summed E-state index contributed by atoms with van der Waals surface area (Å²) >= 11 is 16.6.